The highest BCUT2D eigenvalue weighted by Gasteiger charge is 2.19. The lowest BCUT2D eigenvalue weighted by molar-refractivity contribution is -0.884. The van der Waals surface area contributed by atoms with Crippen LogP contribution < -0.4 is 0 Å². The third kappa shape index (κ3) is 22.3. The summed E-state index contributed by atoms with van der Waals surface area (Å²) in [6, 6.07) is 0. The number of hydrogen-bond acceptors (Lipinski definition) is 2. The zero-order valence-corrected chi connectivity index (χ0v) is 25.2. The number of quaternary nitrogens is 1. The van der Waals surface area contributed by atoms with Gasteiger partial charge in [0.05, 0.1) is 32.9 Å². The van der Waals surface area contributed by atoms with Crippen LogP contribution >= 0.6 is 17.0 Å². The van der Waals surface area contributed by atoms with E-state index in [1.165, 1.54) is 89.9 Å². The second kappa shape index (κ2) is 22.5. The van der Waals surface area contributed by atoms with Crippen molar-refractivity contribution >= 4 is 27.0 Å². The summed E-state index contributed by atoms with van der Waals surface area (Å²) >= 11 is 0. The van der Waals surface area contributed by atoms with Crippen molar-refractivity contribution in [1.29, 1.82) is 0 Å². The molecule has 33 heavy (non-hydrogen) atoms. The van der Waals surface area contributed by atoms with Gasteiger partial charge in [0.15, 0.2) is 0 Å². The molecule has 0 aliphatic rings. The highest BCUT2D eigenvalue weighted by molar-refractivity contribution is 8.93. The summed E-state index contributed by atoms with van der Waals surface area (Å²) in [6.45, 7) is 8.56. The molecule has 200 valence electrons. The molecule has 0 amide bonds. The second-order valence-corrected chi connectivity index (χ2v) is 12.6. The van der Waals surface area contributed by atoms with Crippen molar-refractivity contribution in [1.82, 2.24) is 4.31 Å². The van der Waals surface area contributed by atoms with Crippen molar-refractivity contribution in [3.63, 3.8) is 0 Å². The van der Waals surface area contributed by atoms with E-state index < -0.39 is 10.0 Å². The average Bonchev–Trinajstić information content (AvgIpc) is 2.73. The van der Waals surface area contributed by atoms with Gasteiger partial charge in [0.1, 0.15) is 0 Å². The monoisotopic (exact) mass is 553 g/mol. The molecule has 0 atom stereocenters. The smallest absolute Gasteiger partial charge is 0.213 e. The molecule has 0 aliphatic carbocycles. The molecule has 0 saturated heterocycles. The SMILES string of the molecule is Br.C=CC[N+](C)(C)CCCN(C)S(=O)(=O)CCCCCCCCCCCCCCCCCC. The number of likely N-dealkylation sites (N-methyl/N-ethyl adjacent to an activating group) is 1. The van der Waals surface area contributed by atoms with Gasteiger partial charge in [-0.15, -0.1) is 17.0 Å². The standard InChI is InChI=1S/C27H57N2O2S.BrH/c1-6-8-9-10-11-12-13-14-15-16-17-18-19-20-21-22-27-32(30,31)28(3)24-23-26-29(4,5)25-7-2;/h7H,2,6,8-27H2,1,3-5H3;1H/q+1;. The van der Waals surface area contributed by atoms with Crippen LogP contribution in [0.5, 0.6) is 0 Å². The molecule has 0 unspecified atom stereocenters. The van der Waals surface area contributed by atoms with Gasteiger partial charge < -0.3 is 4.48 Å². The molecule has 0 spiro atoms. The maximum absolute atomic E-state index is 12.5. The Morgan fingerprint density at radius 3 is 1.52 bits per heavy atom. The Morgan fingerprint density at radius 1 is 0.727 bits per heavy atom. The normalized spacial score (nSPS) is 12.2. The summed E-state index contributed by atoms with van der Waals surface area (Å²) in [5, 5.41) is 0. The first-order valence-corrected chi connectivity index (χ1v) is 15.2. The Morgan fingerprint density at radius 2 is 1.12 bits per heavy atom. The molecule has 4 nitrogen and oxygen atoms in total. The van der Waals surface area contributed by atoms with Gasteiger partial charge in [-0.3, -0.25) is 0 Å². The van der Waals surface area contributed by atoms with Crippen LogP contribution in [0.2, 0.25) is 0 Å². The van der Waals surface area contributed by atoms with Gasteiger partial charge in [-0.25, -0.2) is 12.7 Å². The molecule has 0 aromatic heterocycles. The van der Waals surface area contributed by atoms with Crippen molar-refractivity contribution in [2.75, 3.05) is 46.5 Å². The molecular formula is C27H58BrN2O2S+. The van der Waals surface area contributed by atoms with Crippen molar-refractivity contribution in [3.05, 3.63) is 12.7 Å². The first-order chi connectivity index (χ1) is 15.2. The predicted molar refractivity (Wildman–Crippen MR) is 153 cm³/mol. The van der Waals surface area contributed by atoms with Gasteiger partial charge >= 0.3 is 0 Å². The molecular weight excluding hydrogens is 496 g/mol. The molecule has 0 heterocycles. The Bertz CT molecular complexity index is 538. The Labute approximate surface area is 219 Å². The molecule has 0 saturated carbocycles. The van der Waals surface area contributed by atoms with E-state index >= 15 is 0 Å². The Hall–Kier alpha value is 0.0900. The summed E-state index contributed by atoms with van der Waals surface area (Å²) in [7, 11) is 2.95. The fourth-order valence-corrected chi connectivity index (χ4v) is 5.58. The first kappa shape index (κ1) is 35.3. The molecule has 6 heteroatoms. The Kier molecular flexibility index (Phi) is 24.1. The number of unbranched alkanes of at least 4 members (excludes halogenated alkanes) is 15. The third-order valence-corrected chi connectivity index (χ3v) is 8.53. The second-order valence-electron chi connectivity index (χ2n) is 10.4. The molecule has 0 radical (unpaired) electrons. The van der Waals surface area contributed by atoms with Gasteiger partial charge in [0.25, 0.3) is 0 Å². The summed E-state index contributed by atoms with van der Waals surface area (Å²) in [5.41, 5.74) is 0. The van der Waals surface area contributed by atoms with Crippen LogP contribution in [0.3, 0.4) is 0 Å². The number of hydrogen-bond donors (Lipinski definition) is 0. The fraction of sp³-hybridized carbons (Fsp3) is 0.926. The van der Waals surface area contributed by atoms with E-state index in [0.29, 0.717) is 12.3 Å². The maximum Gasteiger partial charge on any atom is 0.213 e. The van der Waals surface area contributed by atoms with Crippen LogP contribution in [0, 0.1) is 0 Å². The van der Waals surface area contributed by atoms with Crippen LogP contribution in [0.1, 0.15) is 116 Å². The van der Waals surface area contributed by atoms with E-state index in [4.69, 9.17) is 0 Å². The maximum atomic E-state index is 12.5. The number of rotatable bonds is 24. The highest BCUT2D eigenvalue weighted by atomic mass is 79.9. The minimum absolute atomic E-state index is 0. The van der Waals surface area contributed by atoms with Crippen molar-refractivity contribution in [2.45, 2.75) is 116 Å². The van der Waals surface area contributed by atoms with Crippen LogP contribution in [0.4, 0.5) is 0 Å². The van der Waals surface area contributed by atoms with Crippen molar-refractivity contribution < 1.29 is 12.9 Å². The van der Waals surface area contributed by atoms with E-state index in [1.807, 2.05) is 6.08 Å². The molecule has 0 aromatic rings. The topological polar surface area (TPSA) is 37.4 Å². The zero-order valence-electron chi connectivity index (χ0n) is 22.7. The molecule has 0 N–H and O–H groups in total. The minimum atomic E-state index is -3.10. The molecule has 0 rings (SSSR count). The van der Waals surface area contributed by atoms with Gasteiger partial charge in [0, 0.05) is 20.0 Å². The zero-order chi connectivity index (χ0) is 24.1. The quantitative estimate of drug-likeness (QED) is 0.0695. The van der Waals surface area contributed by atoms with E-state index in [2.05, 4.69) is 27.6 Å². The van der Waals surface area contributed by atoms with Crippen LogP contribution in [0.25, 0.3) is 0 Å². The number of sulfonamides is 1. The highest BCUT2D eigenvalue weighted by Crippen LogP contribution is 2.14. The predicted octanol–water partition coefficient (Wildman–Crippen LogP) is 7.74. The summed E-state index contributed by atoms with van der Waals surface area (Å²) in [6.07, 6.45) is 23.8. The van der Waals surface area contributed by atoms with Crippen LogP contribution in [0.15, 0.2) is 12.7 Å². The number of nitrogens with zero attached hydrogens (tertiary/aromatic N) is 2. The molecule has 0 bridgehead atoms. The fourth-order valence-electron chi connectivity index (χ4n) is 4.29. The van der Waals surface area contributed by atoms with Gasteiger partial charge in [-0.05, 0) is 12.5 Å². The van der Waals surface area contributed by atoms with Gasteiger partial charge in [-0.1, -0.05) is 110 Å². The van der Waals surface area contributed by atoms with Crippen LogP contribution in [-0.2, 0) is 10.0 Å². The Balaban J connectivity index is 0. The molecule has 0 aliphatic heterocycles. The molecule has 0 aromatic carbocycles. The number of halogens is 1. The van der Waals surface area contributed by atoms with E-state index in [9.17, 15) is 8.42 Å². The summed E-state index contributed by atoms with van der Waals surface area (Å²) < 4.78 is 27.3. The lowest BCUT2D eigenvalue weighted by atomic mass is 10.0. The van der Waals surface area contributed by atoms with Crippen molar-refractivity contribution in [3.8, 4) is 0 Å². The summed E-state index contributed by atoms with van der Waals surface area (Å²) in [5.74, 6) is 0.298. The van der Waals surface area contributed by atoms with Gasteiger partial charge in [0.2, 0.25) is 10.0 Å². The van der Waals surface area contributed by atoms with E-state index in [0.717, 1.165) is 36.8 Å². The minimum Gasteiger partial charge on any atom is -0.325 e. The van der Waals surface area contributed by atoms with Crippen molar-refractivity contribution in [2.24, 2.45) is 0 Å². The van der Waals surface area contributed by atoms with Gasteiger partial charge in [-0.2, -0.15) is 0 Å². The lowest BCUT2D eigenvalue weighted by Gasteiger charge is -2.29. The molecule has 0 fully saturated rings. The van der Waals surface area contributed by atoms with E-state index in [-0.39, 0.29) is 17.0 Å². The first-order valence-electron chi connectivity index (χ1n) is 13.6. The van der Waals surface area contributed by atoms with Crippen LogP contribution in [-0.4, -0.2) is 63.7 Å². The largest absolute Gasteiger partial charge is 0.325 e. The lowest BCUT2D eigenvalue weighted by Crippen LogP contribution is -2.42. The van der Waals surface area contributed by atoms with E-state index in [1.54, 1.807) is 11.4 Å². The average molecular weight is 555 g/mol. The third-order valence-electron chi connectivity index (χ3n) is 6.59. The summed E-state index contributed by atoms with van der Waals surface area (Å²) in [4.78, 5) is 0.